The zero-order valence-electron chi connectivity index (χ0n) is 10.4. The van der Waals surface area contributed by atoms with Crippen LogP contribution in [0.15, 0.2) is 11.4 Å². The fraction of sp³-hybridized carbons (Fsp3) is 0.692. The van der Waals surface area contributed by atoms with Crippen molar-refractivity contribution < 1.29 is 0 Å². The SMILES string of the molecule is CCNCC(C)(C)CCc1sccc1C. The Hall–Kier alpha value is -0.340. The third-order valence-electron chi connectivity index (χ3n) is 2.85. The molecule has 0 fully saturated rings. The molecule has 0 bridgehead atoms. The first-order valence-corrected chi connectivity index (χ1v) is 6.67. The second-order valence-electron chi connectivity index (χ2n) is 4.97. The maximum atomic E-state index is 3.44. The van der Waals surface area contributed by atoms with Crippen LogP contribution in [-0.4, -0.2) is 13.1 Å². The number of rotatable bonds is 6. The van der Waals surface area contributed by atoms with Gasteiger partial charge in [-0.2, -0.15) is 0 Å². The Kier molecular flexibility index (Phi) is 4.81. The normalized spacial score (nSPS) is 12.0. The molecular formula is C13H23NS. The largest absolute Gasteiger partial charge is 0.316 e. The summed E-state index contributed by atoms with van der Waals surface area (Å²) in [6.45, 7) is 11.3. The fourth-order valence-electron chi connectivity index (χ4n) is 1.66. The quantitative estimate of drug-likeness (QED) is 0.779. The molecule has 0 aliphatic carbocycles. The predicted octanol–water partition coefficient (Wildman–Crippen LogP) is 3.62. The molecule has 0 amide bonds. The standard InChI is InChI=1S/C13H23NS/c1-5-14-10-13(3,4)8-6-12-11(2)7-9-15-12/h7,9,14H,5-6,8,10H2,1-4H3. The molecule has 0 unspecified atom stereocenters. The summed E-state index contributed by atoms with van der Waals surface area (Å²) < 4.78 is 0. The van der Waals surface area contributed by atoms with Crippen LogP contribution in [-0.2, 0) is 6.42 Å². The van der Waals surface area contributed by atoms with E-state index in [-0.39, 0.29) is 0 Å². The minimum absolute atomic E-state index is 0.409. The van der Waals surface area contributed by atoms with Crippen molar-refractivity contribution in [1.82, 2.24) is 5.32 Å². The Morgan fingerprint density at radius 3 is 2.67 bits per heavy atom. The first-order valence-electron chi connectivity index (χ1n) is 5.79. The third kappa shape index (κ3) is 4.35. The molecule has 1 heterocycles. The molecule has 1 rings (SSSR count). The highest BCUT2D eigenvalue weighted by Crippen LogP contribution is 2.25. The molecule has 0 aliphatic rings. The van der Waals surface area contributed by atoms with Gasteiger partial charge in [-0.25, -0.2) is 0 Å². The third-order valence-corrected chi connectivity index (χ3v) is 3.93. The van der Waals surface area contributed by atoms with Crippen molar-refractivity contribution >= 4 is 11.3 Å². The summed E-state index contributed by atoms with van der Waals surface area (Å²) in [6, 6.07) is 2.22. The molecule has 86 valence electrons. The van der Waals surface area contributed by atoms with Crippen molar-refractivity contribution in [3.63, 3.8) is 0 Å². The van der Waals surface area contributed by atoms with Crippen LogP contribution in [0.2, 0.25) is 0 Å². The molecule has 0 saturated carbocycles. The number of aryl methyl sites for hydroxylation is 2. The number of thiophene rings is 1. The van der Waals surface area contributed by atoms with Crippen LogP contribution in [0.1, 0.15) is 37.6 Å². The molecule has 1 N–H and O–H groups in total. The average molecular weight is 225 g/mol. The fourth-order valence-corrected chi connectivity index (χ4v) is 2.57. The molecular weight excluding hydrogens is 202 g/mol. The van der Waals surface area contributed by atoms with E-state index in [4.69, 9.17) is 0 Å². The molecule has 2 heteroatoms. The smallest absolute Gasteiger partial charge is 0.00746 e. The van der Waals surface area contributed by atoms with E-state index in [0.717, 1.165) is 13.1 Å². The van der Waals surface area contributed by atoms with E-state index in [1.165, 1.54) is 18.4 Å². The summed E-state index contributed by atoms with van der Waals surface area (Å²) in [4.78, 5) is 1.56. The van der Waals surface area contributed by atoms with Crippen LogP contribution in [0.25, 0.3) is 0 Å². The van der Waals surface area contributed by atoms with Crippen molar-refractivity contribution in [3.8, 4) is 0 Å². The van der Waals surface area contributed by atoms with Crippen LogP contribution >= 0.6 is 11.3 Å². The maximum Gasteiger partial charge on any atom is 0.00746 e. The Morgan fingerprint density at radius 2 is 2.13 bits per heavy atom. The van der Waals surface area contributed by atoms with Crippen molar-refractivity contribution in [3.05, 3.63) is 21.9 Å². The lowest BCUT2D eigenvalue weighted by atomic mass is 9.87. The number of hydrogen-bond acceptors (Lipinski definition) is 2. The zero-order chi connectivity index (χ0) is 11.3. The van der Waals surface area contributed by atoms with Gasteiger partial charge >= 0.3 is 0 Å². The van der Waals surface area contributed by atoms with Gasteiger partial charge in [0.1, 0.15) is 0 Å². The summed E-state index contributed by atoms with van der Waals surface area (Å²) in [5.74, 6) is 0. The molecule has 0 atom stereocenters. The summed E-state index contributed by atoms with van der Waals surface area (Å²) in [5, 5.41) is 5.63. The Labute approximate surface area is 97.9 Å². The number of nitrogens with one attached hydrogen (secondary N) is 1. The second-order valence-corrected chi connectivity index (χ2v) is 5.97. The minimum atomic E-state index is 0.409. The molecule has 1 aromatic heterocycles. The maximum absolute atomic E-state index is 3.44. The highest BCUT2D eigenvalue weighted by Gasteiger charge is 2.17. The second kappa shape index (κ2) is 5.66. The molecule has 15 heavy (non-hydrogen) atoms. The van der Waals surface area contributed by atoms with Crippen LogP contribution < -0.4 is 5.32 Å². The summed E-state index contributed by atoms with van der Waals surface area (Å²) in [5.41, 5.74) is 1.87. The van der Waals surface area contributed by atoms with Crippen molar-refractivity contribution in [1.29, 1.82) is 0 Å². The van der Waals surface area contributed by atoms with Crippen LogP contribution in [0.3, 0.4) is 0 Å². The van der Waals surface area contributed by atoms with Gasteiger partial charge in [0.05, 0.1) is 0 Å². The van der Waals surface area contributed by atoms with Gasteiger partial charge in [0.2, 0.25) is 0 Å². The van der Waals surface area contributed by atoms with Gasteiger partial charge in [-0.15, -0.1) is 11.3 Å². The lowest BCUT2D eigenvalue weighted by Crippen LogP contribution is -2.29. The van der Waals surface area contributed by atoms with Gasteiger partial charge < -0.3 is 5.32 Å². The zero-order valence-corrected chi connectivity index (χ0v) is 11.2. The van der Waals surface area contributed by atoms with E-state index in [0.29, 0.717) is 5.41 Å². The Morgan fingerprint density at radius 1 is 1.40 bits per heavy atom. The molecule has 0 aliphatic heterocycles. The van der Waals surface area contributed by atoms with Gasteiger partial charge in [-0.05, 0) is 48.7 Å². The van der Waals surface area contributed by atoms with Gasteiger partial charge in [0.15, 0.2) is 0 Å². The van der Waals surface area contributed by atoms with E-state index < -0.39 is 0 Å². The first kappa shape index (κ1) is 12.7. The minimum Gasteiger partial charge on any atom is -0.316 e. The van der Waals surface area contributed by atoms with E-state index in [2.05, 4.69) is 44.5 Å². The Balaban J connectivity index is 2.39. The molecule has 1 nitrogen and oxygen atoms in total. The van der Waals surface area contributed by atoms with Crippen molar-refractivity contribution in [2.24, 2.45) is 5.41 Å². The van der Waals surface area contributed by atoms with Gasteiger partial charge in [-0.3, -0.25) is 0 Å². The van der Waals surface area contributed by atoms with Gasteiger partial charge in [-0.1, -0.05) is 20.8 Å². The van der Waals surface area contributed by atoms with Gasteiger partial charge in [0.25, 0.3) is 0 Å². The van der Waals surface area contributed by atoms with Crippen molar-refractivity contribution in [2.75, 3.05) is 13.1 Å². The molecule has 0 aromatic carbocycles. The van der Waals surface area contributed by atoms with E-state index >= 15 is 0 Å². The summed E-state index contributed by atoms with van der Waals surface area (Å²) >= 11 is 1.89. The average Bonchev–Trinajstić information content (AvgIpc) is 2.58. The molecule has 0 saturated heterocycles. The highest BCUT2D eigenvalue weighted by molar-refractivity contribution is 7.10. The topological polar surface area (TPSA) is 12.0 Å². The van der Waals surface area contributed by atoms with Gasteiger partial charge in [0, 0.05) is 11.4 Å². The molecule has 0 spiro atoms. The van der Waals surface area contributed by atoms with E-state index in [9.17, 15) is 0 Å². The predicted molar refractivity (Wildman–Crippen MR) is 69.7 cm³/mol. The summed E-state index contributed by atoms with van der Waals surface area (Å²) in [6.07, 6.45) is 2.49. The van der Waals surface area contributed by atoms with Crippen LogP contribution in [0.5, 0.6) is 0 Å². The highest BCUT2D eigenvalue weighted by atomic mass is 32.1. The first-order chi connectivity index (χ1) is 7.05. The lowest BCUT2D eigenvalue weighted by molar-refractivity contribution is 0.318. The van der Waals surface area contributed by atoms with E-state index in [1.54, 1.807) is 4.88 Å². The monoisotopic (exact) mass is 225 g/mol. The molecule has 1 aromatic rings. The lowest BCUT2D eigenvalue weighted by Gasteiger charge is -2.24. The number of hydrogen-bond donors (Lipinski definition) is 1. The van der Waals surface area contributed by atoms with E-state index in [1.807, 2.05) is 11.3 Å². The molecule has 0 radical (unpaired) electrons. The van der Waals surface area contributed by atoms with Crippen molar-refractivity contribution in [2.45, 2.75) is 40.5 Å². The van der Waals surface area contributed by atoms with Crippen LogP contribution in [0, 0.1) is 12.3 Å². The van der Waals surface area contributed by atoms with Crippen LogP contribution in [0.4, 0.5) is 0 Å². The summed E-state index contributed by atoms with van der Waals surface area (Å²) in [7, 11) is 0. The Bertz CT molecular complexity index is 288.